The molecule has 4 rings (SSSR count). The summed E-state index contributed by atoms with van der Waals surface area (Å²) < 4.78 is 11.6. The van der Waals surface area contributed by atoms with Crippen molar-refractivity contribution in [1.82, 2.24) is 15.2 Å². The molecule has 4 aromatic rings. The predicted molar refractivity (Wildman–Crippen MR) is 106 cm³/mol. The van der Waals surface area contributed by atoms with Gasteiger partial charge in [-0.25, -0.2) is 4.98 Å². The first kappa shape index (κ1) is 17.8. The van der Waals surface area contributed by atoms with Gasteiger partial charge in [0.1, 0.15) is 0 Å². The van der Waals surface area contributed by atoms with Crippen LogP contribution in [0.4, 0.5) is 0 Å². The van der Waals surface area contributed by atoms with Crippen LogP contribution in [0.2, 0.25) is 5.02 Å². The number of aryl methyl sites for hydroxylation is 2. The number of hydrogen-bond acceptors (Lipinski definition) is 6. The topological polar surface area (TPSA) is 65.0 Å². The Bertz CT molecular complexity index is 1050. The Kier molecular flexibility index (Phi) is 5.01. The van der Waals surface area contributed by atoms with Gasteiger partial charge in [0.25, 0.3) is 5.22 Å². The third-order valence-corrected chi connectivity index (χ3v) is 4.93. The smallest absolute Gasteiger partial charge is 0.277 e. The molecule has 0 saturated carbocycles. The molecule has 0 saturated heterocycles. The second-order valence-electron chi connectivity index (χ2n) is 6.16. The molecule has 0 radical (unpaired) electrons. The quantitative estimate of drug-likeness (QED) is 0.387. The first-order chi connectivity index (χ1) is 13.1. The Morgan fingerprint density at radius 1 is 0.926 bits per heavy atom. The monoisotopic (exact) mass is 397 g/mol. The van der Waals surface area contributed by atoms with Crippen LogP contribution in [0.15, 0.2) is 62.7 Å². The molecule has 0 amide bonds. The number of hydrogen-bond donors (Lipinski definition) is 0. The molecule has 0 aliphatic rings. The summed E-state index contributed by atoms with van der Waals surface area (Å²) in [5.74, 6) is 2.31. The summed E-state index contributed by atoms with van der Waals surface area (Å²) in [6.07, 6.45) is 1.70. The third kappa shape index (κ3) is 4.23. The molecule has 5 nitrogen and oxygen atoms in total. The lowest BCUT2D eigenvalue weighted by atomic mass is 10.1. The summed E-state index contributed by atoms with van der Waals surface area (Å²) in [7, 11) is 0. The fourth-order valence-corrected chi connectivity index (χ4v) is 3.47. The molecule has 2 aromatic carbocycles. The second-order valence-corrected chi connectivity index (χ2v) is 7.53. The Hall–Kier alpha value is -2.57. The van der Waals surface area contributed by atoms with Crippen LogP contribution in [-0.4, -0.2) is 15.2 Å². The highest BCUT2D eigenvalue weighted by molar-refractivity contribution is 7.98. The van der Waals surface area contributed by atoms with E-state index < -0.39 is 0 Å². The van der Waals surface area contributed by atoms with Crippen molar-refractivity contribution in [3.05, 3.63) is 70.7 Å². The van der Waals surface area contributed by atoms with Crippen molar-refractivity contribution < 1.29 is 8.83 Å². The molecule has 0 fully saturated rings. The lowest BCUT2D eigenvalue weighted by Gasteiger charge is -2.00. The van der Waals surface area contributed by atoms with Crippen molar-refractivity contribution in [2.45, 2.75) is 24.8 Å². The molecule has 0 unspecified atom stereocenters. The van der Waals surface area contributed by atoms with Crippen molar-refractivity contribution >= 4 is 23.4 Å². The van der Waals surface area contributed by atoms with Crippen molar-refractivity contribution in [3.8, 4) is 22.8 Å². The van der Waals surface area contributed by atoms with E-state index in [9.17, 15) is 0 Å². The summed E-state index contributed by atoms with van der Waals surface area (Å²) in [6, 6.07) is 13.6. The fourth-order valence-electron chi connectivity index (χ4n) is 2.73. The van der Waals surface area contributed by atoms with Gasteiger partial charge >= 0.3 is 0 Å². The molecule has 0 aliphatic carbocycles. The van der Waals surface area contributed by atoms with E-state index in [4.69, 9.17) is 20.4 Å². The van der Waals surface area contributed by atoms with Gasteiger partial charge in [0, 0.05) is 16.1 Å². The summed E-state index contributed by atoms with van der Waals surface area (Å²) >= 11 is 7.30. The number of aromatic nitrogens is 3. The van der Waals surface area contributed by atoms with Gasteiger partial charge in [-0.05, 0) is 50.2 Å². The van der Waals surface area contributed by atoms with Gasteiger partial charge in [-0.3, -0.25) is 0 Å². The molecule has 0 N–H and O–H groups in total. The molecule has 27 heavy (non-hydrogen) atoms. The van der Waals surface area contributed by atoms with E-state index in [0.717, 1.165) is 22.3 Å². The second kappa shape index (κ2) is 7.58. The molecule has 0 spiro atoms. The molecule has 0 aliphatic heterocycles. The van der Waals surface area contributed by atoms with E-state index in [0.29, 0.717) is 33.5 Å². The Balaban J connectivity index is 1.44. The van der Waals surface area contributed by atoms with Crippen molar-refractivity contribution in [1.29, 1.82) is 0 Å². The highest BCUT2D eigenvalue weighted by Gasteiger charge is 2.12. The van der Waals surface area contributed by atoms with Gasteiger partial charge in [-0.1, -0.05) is 40.6 Å². The van der Waals surface area contributed by atoms with Gasteiger partial charge < -0.3 is 8.83 Å². The third-order valence-electron chi connectivity index (χ3n) is 3.88. The largest absolute Gasteiger partial charge is 0.440 e. The summed E-state index contributed by atoms with van der Waals surface area (Å²) in [5, 5.41) is 9.41. The lowest BCUT2D eigenvalue weighted by Crippen LogP contribution is -1.82. The number of thioether (sulfide) groups is 1. The van der Waals surface area contributed by atoms with E-state index >= 15 is 0 Å². The van der Waals surface area contributed by atoms with Crippen molar-refractivity contribution in [2.75, 3.05) is 0 Å². The van der Waals surface area contributed by atoms with Crippen molar-refractivity contribution in [2.24, 2.45) is 0 Å². The van der Waals surface area contributed by atoms with E-state index in [2.05, 4.69) is 21.2 Å². The van der Waals surface area contributed by atoms with Crippen LogP contribution < -0.4 is 0 Å². The normalized spacial score (nSPS) is 11.1. The first-order valence-electron chi connectivity index (χ1n) is 8.32. The van der Waals surface area contributed by atoms with Crippen LogP contribution in [0.25, 0.3) is 22.8 Å². The van der Waals surface area contributed by atoms with Gasteiger partial charge in [0.15, 0.2) is 5.76 Å². The van der Waals surface area contributed by atoms with Crippen LogP contribution in [0.1, 0.15) is 17.0 Å². The SMILES string of the molecule is Cc1cc(C)cc(-c2nnc(SCc3ncc(-c4ccc(Cl)cc4)o3)o2)c1. The maximum Gasteiger partial charge on any atom is 0.277 e. The highest BCUT2D eigenvalue weighted by Crippen LogP contribution is 2.28. The Morgan fingerprint density at radius 2 is 1.67 bits per heavy atom. The molecule has 0 atom stereocenters. The molecule has 2 aromatic heterocycles. The zero-order chi connectivity index (χ0) is 18.8. The summed E-state index contributed by atoms with van der Waals surface area (Å²) in [5.41, 5.74) is 4.17. The van der Waals surface area contributed by atoms with Crippen LogP contribution >= 0.6 is 23.4 Å². The number of rotatable bonds is 5. The van der Waals surface area contributed by atoms with Gasteiger partial charge in [0.05, 0.1) is 11.9 Å². The van der Waals surface area contributed by atoms with Crippen molar-refractivity contribution in [3.63, 3.8) is 0 Å². The van der Waals surface area contributed by atoms with E-state index in [1.165, 1.54) is 11.8 Å². The van der Waals surface area contributed by atoms with Gasteiger partial charge in [0.2, 0.25) is 11.8 Å². The zero-order valence-corrected chi connectivity index (χ0v) is 16.3. The van der Waals surface area contributed by atoms with Gasteiger partial charge in [-0.15, -0.1) is 10.2 Å². The first-order valence-corrected chi connectivity index (χ1v) is 9.69. The molecular weight excluding hydrogens is 382 g/mol. The van der Waals surface area contributed by atoms with Gasteiger partial charge in [-0.2, -0.15) is 0 Å². The molecule has 136 valence electrons. The average molecular weight is 398 g/mol. The van der Waals surface area contributed by atoms with Crippen LogP contribution in [-0.2, 0) is 5.75 Å². The minimum absolute atomic E-state index is 0.482. The Labute approximate surface area is 165 Å². The average Bonchev–Trinajstić information content (AvgIpc) is 3.29. The zero-order valence-electron chi connectivity index (χ0n) is 14.8. The highest BCUT2D eigenvalue weighted by atomic mass is 35.5. The number of nitrogens with zero attached hydrogens (tertiary/aromatic N) is 3. The summed E-state index contributed by atoms with van der Waals surface area (Å²) in [6.45, 7) is 4.09. The van der Waals surface area contributed by atoms with Crippen LogP contribution in [0.3, 0.4) is 0 Å². The van der Waals surface area contributed by atoms with E-state index in [1.54, 1.807) is 6.20 Å². The summed E-state index contributed by atoms with van der Waals surface area (Å²) in [4.78, 5) is 4.31. The molecule has 0 bridgehead atoms. The molecule has 2 heterocycles. The predicted octanol–water partition coefficient (Wildman–Crippen LogP) is 5.95. The maximum atomic E-state index is 5.91. The standard InChI is InChI=1S/C20H16ClN3O2S/c1-12-7-13(2)9-15(8-12)19-23-24-20(26-19)27-11-18-22-10-17(25-18)14-3-5-16(21)6-4-14/h3-10H,11H2,1-2H3. The van der Waals surface area contributed by atoms with E-state index in [-0.39, 0.29) is 0 Å². The molecular formula is C20H16ClN3O2S. The number of benzene rings is 2. The molecule has 7 heteroatoms. The number of halogens is 1. The van der Waals surface area contributed by atoms with Crippen LogP contribution in [0.5, 0.6) is 0 Å². The number of oxazole rings is 1. The van der Waals surface area contributed by atoms with E-state index in [1.807, 2.05) is 50.2 Å². The maximum absolute atomic E-state index is 5.91. The fraction of sp³-hybridized carbons (Fsp3) is 0.150. The van der Waals surface area contributed by atoms with Crippen LogP contribution in [0, 0.1) is 13.8 Å². The minimum atomic E-state index is 0.482. The lowest BCUT2D eigenvalue weighted by molar-refractivity contribution is 0.464. The Morgan fingerprint density at radius 3 is 2.41 bits per heavy atom. The minimum Gasteiger partial charge on any atom is -0.440 e.